The summed E-state index contributed by atoms with van der Waals surface area (Å²) in [5.74, 6) is 1.54. The smallest absolute Gasteiger partial charge is 0.126 e. The summed E-state index contributed by atoms with van der Waals surface area (Å²) >= 11 is 0. The number of para-hydroxylation sites is 1. The largest absolute Gasteiger partial charge is 0.493 e. The quantitative estimate of drug-likeness (QED) is 0.687. The van der Waals surface area contributed by atoms with Gasteiger partial charge in [-0.1, -0.05) is 51.1 Å². The molecule has 0 aliphatic heterocycles. The predicted molar refractivity (Wildman–Crippen MR) is 61.5 cm³/mol. The molecule has 1 aromatic carbocycles. The number of hydrogen-bond acceptors (Lipinski definition) is 1. The van der Waals surface area contributed by atoms with Crippen LogP contribution in [0.2, 0.25) is 0 Å². The van der Waals surface area contributed by atoms with Crippen molar-refractivity contribution in [3.63, 3.8) is 0 Å². The molecule has 0 saturated carbocycles. The highest BCUT2D eigenvalue weighted by atomic mass is 16.5. The van der Waals surface area contributed by atoms with E-state index < -0.39 is 0 Å². The molecule has 14 heavy (non-hydrogen) atoms. The molecule has 0 radical (unpaired) electrons. The van der Waals surface area contributed by atoms with Crippen molar-refractivity contribution in [3.05, 3.63) is 36.4 Å². The van der Waals surface area contributed by atoms with Crippen LogP contribution < -0.4 is 4.74 Å². The average Bonchev–Trinajstić information content (AvgIpc) is 2.26. The second-order valence-corrected chi connectivity index (χ2v) is 3.57. The van der Waals surface area contributed by atoms with Crippen LogP contribution in [0.25, 0.3) is 6.08 Å². The Hall–Kier alpha value is -1.24. The normalized spacial score (nSPS) is 12.1. The third-order valence-corrected chi connectivity index (χ3v) is 2.36. The van der Waals surface area contributed by atoms with Crippen LogP contribution in [-0.4, -0.2) is 6.61 Å². The molecule has 0 N–H and O–H groups in total. The maximum Gasteiger partial charge on any atom is 0.126 e. The van der Waals surface area contributed by atoms with Crippen LogP contribution in [0.4, 0.5) is 0 Å². The van der Waals surface area contributed by atoms with Crippen molar-refractivity contribution in [2.75, 3.05) is 6.61 Å². The van der Waals surface area contributed by atoms with Gasteiger partial charge >= 0.3 is 0 Å². The SMILES string of the molecule is C=Cc1ccccc1OC[C@@H](C)CC. The van der Waals surface area contributed by atoms with Crippen LogP contribution in [0.5, 0.6) is 5.75 Å². The lowest BCUT2D eigenvalue weighted by atomic mass is 10.1. The van der Waals surface area contributed by atoms with E-state index in [2.05, 4.69) is 20.4 Å². The van der Waals surface area contributed by atoms with E-state index in [0.29, 0.717) is 5.92 Å². The van der Waals surface area contributed by atoms with Crippen molar-refractivity contribution in [2.24, 2.45) is 5.92 Å². The maximum absolute atomic E-state index is 5.71. The number of benzene rings is 1. The summed E-state index contributed by atoms with van der Waals surface area (Å²) in [7, 11) is 0. The molecule has 76 valence electrons. The van der Waals surface area contributed by atoms with Gasteiger partial charge in [0.2, 0.25) is 0 Å². The van der Waals surface area contributed by atoms with E-state index in [1.807, 2.05) is 30.3 Å². The first-order valence-electron chi connectivity index (χ1n) is 5.12. The first-order chi connectivity index (χ1) is 6.77. The lowest BCUT2D eigenvalue weighted by molar-refractivity contribution is 0.256. The monoisotopic (exact) mass is 190 g/mol. The molecule has 1 rings (SSSR count). The van der Waals surface area contributed by atoms with Crippen molar-refractivity contribution in [3.8, 4) is 5.75 Å². The van der Waals surface area contributed by atoms with Gasteiger partial charge < -0.3 is 4.74 Å². The van der Waals surface area contributed by atoms with Crippen molar-refractivity contribution < 1.29 is 4.74 Å². The summed E-state index contributed by atoms with van der Waals surface area (Å²) in [5, 5.41) is 0. The summed E-state index contributed by atoms with van der Waals surface area (Å²) in [4.78, 5) is 0. The highest BCUT2D eigenvalue weighted by Gasteiger charge is 2.02. The third-order valence-electron chi connectivity index (χ3n) is 2.36. The standard InChI is InChI=1S/C13H18O/c1-4-11(3)10-14-13-9-7-6-8-12(13)5-2/h5-9,11H,2,4,10H2,1,3H3/t11-/m0/s1. The Balaban J connectivity index is 2.61. The molecular weight excluding hydrogens is 172 g/mol. The molecule has 1 heteroatoms. The van der Waals surface area contributed by atoms with Gasteiger partial charge in [-0.2, -0.15) is 0 Å². The minimum absolute atomic E-state index is 0.605. The van der Waals surface area contributed by atoms with E-state index in [0.717, 1.165) is 24.3 Å². The van der Waals surface area contributed by atoms with Gasteiger partial charge in [-0.15, -0.1) is 0 Å². The minimum Gasteiger partial charge on any atom is -0.493 e. The van der Waals surface area contributed by atoms with E-state index in [1.165, 1.54) is 0 Å². The van der Waals surface area contributed by atoms with E-state index >= 15 is 0 Å². The molecular formula is C13H18O. The van der Waals surface area contributed by atoms with Gasteiger partial charge in [-0.25, -0.2) is 0 Å². The van der Waals surface area contributed by atoms with Crippen molar-refractivity contribution in [1.29, 1.82) is 0 Å². The summed E-state index contributed by atoms with van der Waals surface area (Å²) < 4.78 is 5.71. The van der Waals surface area contributed by atoms with Crippen molar-refractivity contribution >= 4 is 6.08 Å². The van der Waals surface area contributed by atoms with Gasteiger partial charge in [0.25, 0.3) is 0 Å². The molecule has 1 atom stereocenters. The summed E-state index contributed by atoms with van der Waals surface area (Å²) in [5.41, 5.74) is 1.07. The molecule has 0 aromatic heterocycles. The Bertz CT molecular complexity index is 291. The maximum atomic E-state index is 5.71. The average molecular weight is 190 g/mol. The fourth-order valence-corrected chi connectivity index (χ4v) is 1.13. The van der Waals surface area contributed by atoms with Crippen LogP contribution in [-0.2, 0) is 0 Å². The summed E-state index contributed by atoms with van der Waals surface area (Å²) in [6.45, 7) is 8.90. The van der Waals surface area contributed by atoms with E-state index in [-0.39, 0.29) is 0 Å². The van der Waals surface area contributed by atoms with Gasteiger partial charge in [0, 0.05) is 5.56 Å². The minimum atomic E-state index is 0.605. The van der Waals surface area contributed by atoms with E-state index in [4.69, 9.17) is 4.74 Å². The van der Waals surface area contributed by atoms with Crippen molar-refractivity contribution in [2.45, 2.75) is 20.3 Å². The molecule has 0 heterocycles. The number of ether oxygens (including phenoxy) is 1. The van der Waals surface area contributed by atoms with Gasteiger partial charge in [-0.3, -0.25) is 0 Å². The Morgan fingerprint density at radius 2 is 2.14 bits per heavy atom. The zero-order valence-corrected chi connectivity index (χ0v) is 8.99. The molecule has 1 nitrogen and oxygen atoms in total. The topological polar surface area (TPSA) is 9.23 Å². The highest BCUT2D eigenvalue weighted by Crippen LogP contribution is 2.19. The Morgan fingerprint density at radius 1 is 1.43 bits per heavy atom. The van der Waals surface area contributed by atoms with Crippen LogP contribution in [0.3, 0.4) is 0 Å². The Morgan fingerprint density at radius 3 is 2.79 bits per heavy atom. The van der Waals surface area contributed by atoms with Crippen molar-refractivity contribution in [1.82, 2.24) is 0 Å². The summed E-state index contributed by atoms with van der Waals surface area (Å²) in [6.07, 6.45) is 2.97. The lowest BCUT2D eigenvalue weighted by Gasteiger charge is -2.12. The molecule has 0 fully saturated rings. The Kier molecular flexibility index (Phi) is 4.24. The molecule has 0 aliphatic rings. The zero-order valence-electron chi connectivity index (χ0n) is 8.99. The lowest BCUT2D eigenvalue weighted by Crippen LogP contribution is -2.07. The predicted octanol–water partition coefficient (Wildman–Crippen LogP) is 3.75. The second-order valence-electron chi connectivity index (χ2n) is 3.57. The van der Waals surface area contributed by atoms with Crippen LogP contribution in [0, 0.1) is 5.92 Å². The first kappa shape index (κ1) is 10.8. The summed E-state index contributed by atoms with van der Waals surface area (Å²) in [6, 6.07) is 7.98. The zero-order chi connectivity index (χ0) is 10.4. The van der Waals surface area contributed by atoms with Crippen LogP contribution >= 0.6 is 0 Å². The van der Waals surface area contributed by atoms with Gasteiger partial charge in [-0.05, 0) is 12.0 Å². The molecule has 0 aliphatic carbocycles. The molecule has 1 aromatic rings. The molecule has 0 saturated heterocycles. The van der Waals surface area contributed by atoms with Gasteiger partial charge in [0.05, 0.1) is 6.61 Å². The van der Waals surface area contributed by atoms with Gasteiger partial charge in [0.15, 0.2) is 0 Å². The first-order valence-corrected chi connectivity index (χ1v) is 5.12. The van der Waals surface area contributed by atoms with Crippen LogP contribution in [0.15, 0.2) is 30.8 Å². The molecule has 0 bridgehead atoms. The van der Waals surface area contributed by atoms with Gasteiger partial charge in [0.1, 0.15) is 5.75 Å². The Labute approximate surface area is 86.4 Å². The number of hydrogen-bond donors (Lipinski definition) is 0. The molecule has 0 unspecified atom stereocenters. The highest BCUT2D eigenvalue weighted by molar-refractivity contribution is 5.55. The fourth-order valence-electron chi connectivity index (χ4n) is 1.13. The third kappa shape index (κ3) is 2.91. The second kappa shape index (κ2) is 5.48. The molecule has 0 spiro atoms. The van der Waals surface area contributed by atoms with E-state index in [9.17, 15) is 0 Å². The fraction of sp³-hybridized carbons (Fsp3) is 0.385. The van der Waals surface area contributed by atoms with E-state index in [1.54, 1.807) is 0 Å². The number of rotatable bonds is 5. The van der Waals surface area contributed by atoms with Crippen LogP contribution in [0.1, 0.15) is 25.8 Å². The molecule has 0 amide bonds.